The molecular weight excluding hydrogens is 222 g/mol. The molecule has 1 aromatic rings. The van der Waals surface area contributed by atoms with Gasteiger partial charge in [-0.3, -0.25) is 5.41 Å². The second-order valence-electron chi connectivity index (χ2n) is 5.79. The Morgan fingerprint density at radius 1 is 1.28 bits per heavy atom. The van der Waals surface area contributed by atoms with Crippen LogP contribution in [0.25, 0.3) is 0 Å². The lowest BCUT2D eigenvalue weighted by Gasteiger charge is -2.23. The lowest BCUT2D eigenvalue weighted by atomic mass is 10.0. The molecule has 96 valence electrons. The lowest BCUT2D eigenvalue weighted by Crippen LogP contribution is -2.25. The van der Waals surface area contributed by atoms with E-state index in [-0.39, 0.29) is 5.84 Å². The van der Waals surface area contributed by atoms with Crippen molar-refractivity contribution in [2.45, 2.75) is 26.2 Å². The fourth-order valence-electron chi connectivity index (χ4n) is 3.57. The van der Waals surface area contributed by atoms with Crippen molar-refractivity contribution in [1.29, 1.82) is 5.41 Å². The van der Waals surface area contributed by atoms with Crippen molar-refractivity contribution < 1.29 is 0 Å². The summed E-state index contributed by atoms with van der Waals surface area (Å²) in [6.07, 6.45) is 4.15. The van der Waals surface area contributed by atoms with Crippen LogP contribution in [0.3, 0.4) is 0 Å². The van der Waals surface area contributed by atoms with E-state index in [1.54, 1.807) is 0 Å². The molecule has 0 radical (unpaired) electrons. The van der Waals surface area contributed by atoms with Gasteiger partial charge in [-0.2, -0.15) is 0 Å². The monoisotopic (exact) mass is 243 g/mol. The number of hydrogen-bond acceptors (Lipinski definition) is 2. The van der Waals surface area contributed by atoms with Gasteiger partial charge in [0.15, 0.2) is 0 Å². The van der Waals surface area contributed by atoms with Gasteiger partial charge in [0.1, 0.15) is 5.84 Å². The number of nitrogens with one attached hydrogen (secondary N) is 1. The van der Waals surface area contributed by atoms with Gasteiger partial charge in [-0.1, -0.05) is 18.1 Å². The van der Waals surface area contributed by atoms with Gasteiger partial charge in [0.05, 0.1) is 0 Å². The molecule has 1 saturated heterocycles. The van der Waals surface area contributed by atoms with Gasteiger partial charge >= 0.3 is 0 Å². The van der Waals surface area contributed by atoms with Crippen molar-refractivity contribution in [1.82, 2.24) is 0 Å². The number of hydrogen-bond donors (Lipinski definition) is 2. The Morgan fingerprint density at radius 3 is 2.56 bits per heavy atom. The first-order valence-electron chi connectivity index (χ1n) is 6.85. The Morgan fingerprint density at radius 2 is 1.94 bits per heavy atom. The summed E-state index contributed by atoms with van der Waals surface area (Å²) in [5.41, 5.74) is 8.95. The van der Waals surface area contributed by atoms with Gasteiger partial charge < -0.3 is 10.6 Å². The van der Waals surface area contributed by atoms with E-state index in [0.29, 0.717) is 0 Å². The summed E-state index contributed by atoms with van der Waals surface area (Å²) in [4.78, 5) is 2.44. The number of nitrogen functional groups attached to an aromatic ring is 1. The smallest absolute Gasteiger partial charge is 0.124 e. The normalized spacial score (nSPS) is 26.4. The SMILES string of the molecule is Cc1ccc(N2CC3CCCC3C2)c(C(=N)N)c1. The highest BCUT2D eigenvalue weighted by atomic mass is 15.2. The molecule has 1 aliphatic carbocycles. The van der Waals surface area contributed by atoms with E-state index < -0.39 is 0 Å². The molecule has 1 aromatic carbocycles. The number of benzene rings is 1. The van der Waals surface area contributed by atoms with Crippen molar-refractivity contribution >= 4 is 11.5 Å². The van der Waals surface area contributed by atoms with Crippen LogP contribution in [0.1, 0.15) is 30.4 Å². The van der Waals surface area contributed by atoms with Crippen LogP contribution in [0.5, 0.6) is 0 Å². The summed E-state index contributed by atoms with van der Waals surface area (Å²) in [5, 5.41) is 7.75. The largest absolute Gasteiger partial charge is 0.384 e. The number of amidine groups is 1. The summed E-state index contributed by atoms with van der Waals surface area (Å²) in [5.74, 6) is 1.92. The van der Waals surface area contributed by atoms with E-state index in [9.17, 15) is 0 Å². The highest BCUT2D eigenvalue weighted by Gasteiger charge is 2.36. The fraction of sp³-hybridized carbons (Fsp3) is 0.533. The van der Waals surface area contributed by atoms with Crippen LogP contribution >= 0.6 is 0 Å². The zero-order chi connectivity index (χ0) is 12.7. The molecule has 1 heterocycles. The molecule has 2 fully saturated rings. The minimum absolute atomic E-state index is 0.186. The van der Waals surface area contributed by atoms with E-state index in [4.69, 9.17) is 11.1 Å². The molecule has 0 amide bonds. The zero-order valence-electron chi connectivity index (χ0n) is 10.9. The summed E-state index contributed by atoms with van der Waals surface area (Å²) in [6, 6.07) is 6.29. The first kappa shape index (κ1) is 11.6. The molecule has 1 saturated carbocycles. The van der Waals surface area contributed by atoms with Crippen LogP contribution in [0.2, 0.25) is 0 Å². The quantitative estimate of drug-likeness (QED) is 0.619. The highest BCUT2D eigenvalue weighted by Crippen LogP contribution is 2.40. The predicted molar refractivity (Wildman–Crippen MR) is 75.2 cm³/mol. The first-order valence-corrected chi connectivity index (χ1v) is 6.85. The third-order valence-electron chi connectivity index (χ3n) is 4.51. The Balaban J connectivity index is 1.90. The molecule has 0 aromatic heterocycles. The molecule has 3 heteroatoms. The fourth-order valence-corrected chi connectivity index (χ4v) is 3.57. The van der Waals surface area contributed by atoms with E-state index in [0.717, 1.165) is 36.2 Å². The number of aryl methyl sites for hydroxylation is 1. The van der Waals surface area contributed by atoms with Gasteiger partial charge in [0, 0.05) is 24.3 Å². The van der Waals surface area contributed by atoms with Gasteiger partial charge in [0.2, 0.25) is 0 Å². The van der Waals surface area contributed by atoms with E-state index in [1.807, 2.05) is 6.07 Å². The Bertz CT molecular complexity index is 469. The van der Waals surface area contributed by atoms with Crippen molar-refractivity contribution in [3.05, 3.63) is 29.3 Å². The average molecular weight is 243 g/mol. The molecule has 2 unspecified atom stereocenters. The van der Waals surface area contributed by atoms with Gasteiger partial charge in [0.25, 0.3) is 0 Å². The number of fused-ring (bicyclic) bond motifs is 1. The highest BCUT2D eigenvalue weighted by molar-refractivity contribution is 6.00. The standard InChI is InChI=1S/C15H21N3/c1-10-5-6-14(13(7-10)15(16)17)18-8-11-3-2-4-12(11)9-18/h5-7,11-12H,2-4,8-9H2,1H3,(H3,16,17). The van der Waals surface area contributed by atoms with Crippen LogP contribution in [0.4, 0.5) is 5.69 Å². The summed E-state index contributed by atoms with van der Waals surface area (Å²) < 4.78 is 0. The Kier molecular flexibility index (Phi) is 2.77. The summed E-state index contributed by atoms with van der Waals surface area (Å²) in [6.45, 7) is 4.34. The van der Waals surface area contributed by atoms with E-state index >= 15 is 0 Å². The predicted octanol–water partition coefficient (Wildman–Crippen LogP) is 2.52. The molecule has 18 heavy (non-hydrogen) atoms. The molecule has 2 atom stereocenters. The Hall–Kier alpha value is -1.51. The molecule has 3 rings (SSSR count). The molecular formula is C15H21N3. The Labute approximate surface area is 108 Å². The van der Waals surface area contributed by atoms with Gasteiger partial charge in [-0.15, -0.1) is 0 Å². The van der Waals surface area contributed by atoms with Crippen LogP contribution in [-0.2, 0) is 0 Å². The third-order valence-corrected chi connectivity index (χ3v) is 4.51. The molecule has 3 N–H and O–H groups in total. The second kappa shape index (κ2) is 4.30. The summed E-state index contributed by atoms with van der Waals surface area (Å²) in [7, 11) is 0. The van der Waals surface area contributed by atoms with Crippen molar-refractivity contribution in [3.63, 3.8) is 0 Å². The molecule has 2 aliphatic rings. The van der Waals surface area contributed by atoms with Crippen LogP contribution in [0.15, 0.2) is 18.2 Å². The number of anilines is 1. The average Bonchev–Trinajstić information content (AvgIpc) is 2.88. The maximum atomic E-state index is 7.75. The maximum Gasteiger partial charge on any atom is 0.124 e. The lowest BCUT2D eigenvalue weighted by molar-refractivity contribution is 0.494. The van der Waals surface area contributed by atoms with Gasteiger partial charge in [-0.05, 0) is 43.7 Å². The summed E-state index contributed by atoms with van der Waals surface area (Å²) >= 11 is 0. The third kappa shape index (κ3) is 1.88. The van der Waals surface area contributed by atoms with Crippen molar-refractivity contribution in [2.75, 3.05) is 18.0 Å². The topological polar surface area (TPSA) is 53.1 Å². The zero-order valence-corrected chi connectivity index (χ0v) is 10.9. The van der Waals surface area contributed by atoms with E-state index in [2.05, 4.69) is 24.0 Å². The number of rotatable bonds is 2. The van der Waals surface area contributed by atoms with E-state index in [1.165, 1.54) is 24.8 Å². The number of nitrogens with zero attached hydrogens (tertiary/aromatic N) is 1. The first-order chi connectivity index (χ1) is 8.65. The minimum Gasteiger partial charge on any atom is -0.384 e. The van der Waals surface area contributed by atoms with Crippen LogP contribution < -0.4 is 10.6 Å². The van der Waals surface area contributed by atoms with Crippen LogP contribution in [0, 0.1) is 24.2 Å². The van der Waals surface area contributed by atoms with Crippen LogP contribution in [-0.4, -0.2) is 18.9 Å². The van der Waals surface area contributed by atoms with Crippen molar-refractivity contribution in [3.8, 4) is 0 Å². The molecule has 3 nitrogen and oxygen atoms in total. The molecule has 0 bridgehead atoms. The minimum atomic E-state index is 0.186. The molecule has 1 aliphatic heterocycles. The maximum absolute atomic E-state index is 7.75. The molecule has 0 spiro atoms. The second-order valence-corrected chi connectivity index (χ2v) is 5.79. The number of nitrogens with two attached hydrogens (primary N) is 1. The van der Waals surface area contributed by atoms with Crippen molar-refractivity contribution in [2.24, 2.45) is 17.6 Å². The van der Waals surface area contributed by atoms with Gasteiger partial charge in [-0.25, -0.2) is 0 Å².